The Hall–Kier alpha value is -1.08. The number of aliphatic hydroxyl groups is 1. The minimum Gasteiger partial charge on any atom is -0.385 e. The molecule has 1 rings (SSSR count). The van der Waals surface area contributed by atoms with Crippen LogP contribution in [-0.2, 0) is 6.18 Å². The number of aliphatic hydroxyl groups excluding tert-OH is 1. The molecule has 0 spiro atoms. The maximum absolute atomic E-state index is 12.0. The molecule has 1 atom stereocenters. The van der Waals surface area contributed by atoms with Gasteiger partial charge in [-0.05, 0) is 6.07 Å². The van der Waals surface area contributed by atoms with Crippen LogP contribution in [0.2, 0.25) is 0 Å². The number of nitrogens with one attached hydrogen (secondary N) is 1. The topological polar surface area (TPSA) is 74.9 Å². The predicted octanol–water partition coefficient (Wildman–Crippen LogP) is 0.421. The van der Waals surface area contributed by atoms with Gasteiger partial charge in [-0.2, -0.15) is 18.3 Å². The van der Waals surface area contributed by atoms with Gasteiger partial charge in [-0.1, -0.05) is 0 Å². The summed E-state index contributed by atoms with van der Waals surface area (Å²) in [4.78, 5) is 0. The van der Waals surface area contributed by atoms with E-state index in [1.165, 1.54) is 0 Å². The number of nitrogens with zero attached hydrogens (tertiary/aromatic N) is 1. The van der Waals surface area contributed by atoms with Crippen molar-refractivity contribution in [2.45, 2.75) is 12.3 Å². The second kappa shape index (κ2) is 3.35. The molecule has 0 aliphatic carbocycles. The molecular formula is C6H8F3N3O. The summed E-state index contributed by atoms with van der Waals surface area (Å²) < 4.78 is 35.9. The van der Waals surface area contributed by atoms with Crippen molar-refractivity contribution in [1.29, 1.82) is 0 Å². The van der Waals surface area contributed by atoms with E-state index in [4.69, 9.17) is 10.8 Å². The Kier molecular flexibility index (Phi) is 2.58. The van der Waals surface area contributed by atoms with Gasteiger partial charge in [0.05, 0.1) is 5.69 Å². The molecule has 0 saturated heterocycles. The first-order valence-corrected chi connectivity index (χ1v) is 3.45. The van der Waals surface area contributed by atoms with Gasteiger partial charge in [-0.25, -0.2) is 0 Å². The van der Waals surface area contributed by atoms with Crippen LogP contribution in [0.15, 0.2) is 6.07 Å². The van der Waals surface area contributed by atoms with Crippen LogP contribution >= 0.6 is 0 Å². The van der Waals surface area contributed by atoms with Crippen molar-refractivity contribution in [1.82, 2.24) is 10.2 Å². The number of aromatic nitrogens is 2. The Bertz CT molecular complexity index is 283. The Balaban J connectivity index is 2.87. The number of hydrogen-bond acceptors (Lipinski definition) is 3. The van der Waals surface area contributed by atoms with Gasteiger partial charge in [0.1, 0.15) is 6.10 Å². The second-order valence-corrected chi connectivity index (χ2v) is 2.46. The van der Waals surface area contributed by atoms with Crippen LogP contribution in [0.3, 0.4) is 0 Å². The fourth-order valence-electron chi connectivity index (χ4n) is 0.780. The molecular weight excluding hydrogens is 187 g/mol. The fraction of sp³-hybridized carbons (Fsp3) is 0.500. The number of rotatable bonds is 2. The van der Waals surface area contributed by atoms with E-state index in [2.05, 4.69) is 10.2 Å². The van der Waals surface area contributed by atoms with Crippen LogP contribution in [-0.4, -0.2) is 21.8 Å². The van der Waals surface area contributed by atoms with Crippen LogP contribution in [0, 0.1) is 0 Å². The quantitative estimate of drug-likeness (QED) is 0.640. The highest BCUT2D eigenvalue weighted by Crippen LogP contribution is 2.28. The number of H-pyrrole nitrogens is 1. The van der Waals surface area contributed by atoms with E-state index in [9.17, 15) is 13.2 Å². The molecule has 13 heavy (non-hydrogen) atoms. The number of nitrogens with two attached hydrogens (primary N) is 1. The van der Waals surface area contributed by atoms with E-state index in [1.54, 1.807) is 0 Å². The lowest BCUT2D eigenvalue weighted by Crippen LogP contribution is -2.11. The first-order valence-electron chi connectivity index (χ1n) is 3.45. The summed E-state index contributed by atoms with van der Waals surface area (Å²) in [6, 6.07) is 0.734. The van der Waals surface area contributed by atoms with Crippen LogP contribution in [0.4, 0.5) is 13.2 Å². The van der Waals surface area contributed by atoms with Gasteiger partial charge in [0.2, 0.25) is 0 Å². The lowest BCUT2D eigenvalue weighted by atomic mass is 10.2. The molecule has 74 valence electrons. The third-order valence-corrected chi connectivity index (χ3v) is 1.47. The average molecular weight is 195 g/mol. The molecule has 1 unspecified atom stereocenters. The summed E-state index contributed by atoms with van der Waals surface area (Å²) in [5.74, 6) is 0. The third-order valence-electron chi connectivity index (χ3n) is 1.47. The molecule has 0 radical (unpaired) electrons. The number of alkyl halides is 3. The minimum absolute atomic E-state index is 0.0326. The van der Waals surface area contributed by atoms with Crippen molar-refractivity contribution in [3.8, 4) is 0 Å². The first-order chi connectivity index (χ1) is 5.95. The maximum Gasteiger partial charge on any atom is 0.435 e. The third kappa shape index (κ3) is 2.19. The summed E-state index contributed by atoms with van der Waals surface area (Å²) in [7, 11) is 0. The van der Waals surface area contributed by atoms with Crippen LogP contribution in [0.5, 0.6) is 0 Å². The van der Waals surface area contributed by atoms with Crippen molar-refractivity contribution in [3.63, 3.8) is 0 Å². The second-order valence-electron chi connectivity index (χ2n) is 2.46. The van der Waals surface area contributed by atoms with E-state index >= 15 is 0 Å². The standard InChI is InChI=1S/C6H8F3N3O/c7-6(8,9)5-1-3(11-12-5)4(13)2-10/h1,4,13H,2,10H2,(H,11,12). The minimum atomic E-state index is -4.50. The first kappa shape index (κ1) is 10.0. The van der Waals surface area contributed by atoms with Gasteiger partial charge in [-0.15, -0.1) is 0 Å². The monoisotopic (exact) mass is 195 g/mol. The van der Waals surface area contributed by atoms with Gasteiger partial charge in [0.25, 0.3) is 0 Å². The summed E-state index contributed by atoms with van der Waals surface area (Å²) >= 11 is 0. The molecule has 1 aromatic heterocycles. The Morgan fingerprint density at radius 3 is 2.62 bits per heavy atom. The van der Waals surface area contributed by atoms with E-state index in [0.29, 0.717) is 0 Å². The van der Waals surface area contributed by atoms with Gasteiger partial charge < -0.3 is 10.8 Å². The van der Waals surface area contributed by atoms with Crippen LogP contribution in [0.1, 0.15) is 17.5 Å². The van der Waals surface area contributed by atoms with Crippen molar-refractivity contribution in [2.24, 2.45) is 5.73 Å². The molecule has 0 aromatic carbocycles. The molecule has 1 heterocycles. The Morgan fingerprint density at radius 2 is 2.23 bits per heavy atom. The number of aromatic amines is 1. The number of hydrogen-bond donors (Lipinski definition) is 3. The lowest BCUT2D eigenvalue weighted by molar-refractivity contribution is -0.141. The molecule has 1 aromatic rings. The van der Waals surface area contributed by atoms with Crippen molar-refractivity contribution < 1.29 is 18.3 Å². The van der Waals surface area contributed by atoms with Gasteiger partial charge in [0.15, 0.2) is 5.69 Å². The van der Waals surface area contributed by atoms with Crippen LogP contribution < -0.4 is 5.73 Å². The predicted molar refractivity (Wildman–Crippen MR) is 37.6 cm³/mol. The largest absolute Gasteiger partial charge is 0.435 e. The summed E-state index contributed by atoms with van der Waals surface area (Å²) in [6.07, 6.45) is -5.63. The molecule has 4 N–H and O–H groups in total. The molecule has 0 bridgehead atoms. The fourth-order valence-corrected chi connectivity index (χ4v) is 0.780. The molecule has 7 heteroatoms. The Labute approximate surface area is 71.6 Å². The molecule has 4 nitrogen and oxygen atoms in total. The average Bonchev–Trinajstić information content (AvgIpc) is 2.50. The van der Waals surface area contributed by atoms with Crippen molar-refractivity contribution >= 4 is 0 Å². The van der Waals surface area contributed by atoms with E-state index in [0.717, 1.165) is 6.07 Å². The summed E-state index contributed by atoms with van der Waals surface area (Å²) in [5, 5.41) is 14.1. The number of halogens is 3. The van der Waals surface area contributed by atoms with Gasteiger partial charge in [-0.3, -0.25) is 5.10 Å². The van der Waals surface area contributed by atoms with E-state index in [1.807, 2.05) is 0 Å². The summed E-state index contributed by atoms with van der Waals surface area (Å²) in [6.45, 7) is -0.153. The van der Waals surface area contributed by atoms with E-state index in [-0.39, 0.29) is 12.2 Å². The highest BCUT2D eigenvalue weighted by atomic mass is 19.4. The SMILES string of the molecule is NCC(O)c1cc(C(F)(F)F)n[nH]1. The maximum atomic E-state index is 12.0. The smallest absolute Gasteiger partial charge is 0.385 e. The Morgan fingerprint density at radius 1 is 1.62 bits per heavy atom. The molecule has 0 fully saturated rings. The molecule has 0 amide bonds. The molecule has 0 aliphatic heterocycles. The highest BCUT2D eigenvalue weighted by molar-refractivity contribution is 5.13. The van der Waals surface area contributed by atoms with Crippen molar-refractivity contribution in [3.05, 3.63) is 17.5 Å². The zero-order valence-corrected chi connectivity index (χ0v) is 6.47. The lowest BCUT2D eigenvalue weighted by Gasteiger charge is -2.02. The molecule has 0 saturated carbocycles. The zero-order chi connectivity index (χ0) is 10.1. The van der Waals surface area contributed by atoms with Crippen molar-refractivity contribution in [2.75, 3.05) is 6.54 Å². The normalized spacial score (nSPS) is 14.5. The van der Waals surface area contributed by atoms with Crippen LogP contribution in [0.25, 0.3) is 0 Å². The molecule has 0 aliphatic rings. The zero-order valence-electron chi connectivity index (χ0n) is 6.47. The van der Waals surface area contributed by atoms with E-state index < -0.39 is 18.0 Å². The van der Waals surface area contributed by atoms with Gasteiger partial charge in [0, 0.05) is 6.54 Å². The summed E-state index contributed by atoms with van der Waals surface area (Å²) in [5.41, 5.74) is 3.95. The van der Waals surface area contributed by atoms with Gasteiger partial charge >= 0.3 is 6.18 Å². The highest BCUT2D eigenvalue weighted by Gasteiger charge is 2.34.